The molecule has 0 saturated carbocycles. The predicted molar refractivity (Wildman–Crippen MR) is 53.8 cm³/mol. The van der Waals surface area contributed by atoms with E-state index in [0.29, 0.717) is 0 Å². The van der Waals surface area contributed by atoms with Gasteiger partial charge in [0, 0.05) is 6.54 Å². The van der Waals surface area contributed by atoms with Crippen molar-refractivity contribution in [3.63, 3.8) is 0 Å². The number of rotatable bonds is 4. The fraction of sp³-hybridized carbons (Fsp3) is 0.667. The van der Waals surface area contributed by atoms with E-state index in [1.165, 1.54) is 0 Å². The summed E-state index contributed by atoms with van der Waals surface area (Å²) in [7, 11) is 0. The van der Waals surface area contributed by atoms with Crippen LogP contribution in [0.1, 0.15) is 17.8 Å². The minimum atomic E-state index is -4.39. The molecule has 1 aliphatic rings. The third-order valence-corrected chi connectivity index (χ3v) is 2.29. The summed E-state index contributed by atoms with van der Waals surface area (Å²) in [5.41, 5.74) is 0. The van der Waals surface area contributed by atoms with Gasteiger partial charge in [0.2, 0.25) is 11.8 Å². The van der Waals surface area contributed by atoms with E-state index in [9.17, 15) is 18.0 Å². The van der Waals surface area contributed by atoms with E-state index in [1.54, 1.807) is 0 Å². The lowest BCUT2D eigenvalue weighted by molar-refractivity contribution is -0.177. The molecular weight excluding hydrogens is 269 g/mol. The van der Waals surface area contributed by atoms with Gasteiger partial charge in [0.25, 0.3) is 0 Å². The molecular formula is C9H11F3N4O3. The first kappa shape index (κ1) is 13.7. The molecule has 7 nitrogen and oxygen atoms in total. The normalized spacial score (nSPS) is 20.4. The van der Waals surface area contributed by atoms with Crippen LogP contribution in [0, 0.1) is 0 Å². The zero-order valence-electron chi connectivity index (χ0n) is 9.66. The molecule has 0 aromatic carbocycles. The molecule has 0 aliphatic carbocycles. The van der Waals surface area contributed by atoms with Crippen LogP contribution < -0.4 is 10.6 Å². The van der Waals surface area contributed by atoms with E-state index >= 15 is 0 Å². The highest BCUT2D eigenvalue weighted by Gasteiger charge is 2.28. The maximum Gasteiger partial charge on any atom is 0.411 e. The molecule has 1 saturated heterocycles. The number of aromatic nitrogens is 2. The fourth-order valence-corrected chi connectivity index (χ4v) is 1.47. The Kier molecular flexibility index (Phi) is 4.00. The van der Waals surface area contributed by atoms with Crippen molar-refractivity contribution >= 4 is 5.91 Å². The SMILES string of the molecule is O=C1CNC(c2nc(COCC(F)(F)F)no2)CN1. The first-order valence-electron chi connectivity index (χ1n) is 5.41. The van der Waals surface area contributed by atoms with Gasteiger partial charge in [-0.3, -0.25) is 10.1 Å². The molecule has 106 valence electrons. The quantitative estimate of drug-likeness (QED) is 0.801. The van der Waals surface area contributed by atoms with Crippen molar-refractivity contribution in [2.45, 2.75) is 18.8 Å². The van der Waals surface area contributed by atoms with Crippen LogP contribution in [-0.2, 0) is 16.1 Å². The maximum atomic E-state index is 11.9. The molecule has 1 aromatic rings. The van der Waals surface area contributed by atoms with Gasteiger partial charge in [-0.2, -0.15) is 18.2 Å². The third-order valence-electron chi connectivity index (χ3n) is 2.29. The molecule has 2 N–H and O–H groups in total. The first-order chi connectivity index (χ1) is 8.94. The topological polar surface area (TPSA) is 89.3 Å². The number of piperazine rings is 1. The number of carbonyl (C=O) groups excluding carboxylic acids is 1. The van der Waals surface area contributed by atoms with E-state index < -0.39 is 12.8 Å². The highest BCUT2D eigenvalue weighted by molar-refractivity contribution is 5.78. The molecule has 1 amide bonds. The molecule has 0 bridgehead atoms. The summed E-state index contributed by atoms with van der Waals surface area (Å²) in [4.78, 5) is 14.8. The number of nitrogens with zero attached hydrogens (tertiary/aromatic N) is 2. The molecule has 1 fully saturated rings. The number of nitrogens with one attached hydrogen (secondary N) is 2. The molecule has 10 heteroatoms. The second kappa shape index (κ2) is 5.53. The van der Waals surface area contributed by atoms with Crippen LogP contribution in [0.2, 0.25) is 0 Å². The summed E-state index contributed by atoms with van der Waals surface area (Å²) in [6.45, 7) is -1.35. The van der Waals surface area contributed by atoms with Gasteiger partial charge in [0.05, 0.1) is 6.54 Å². The Balaban J connectivity index is 1.83. The highest BCUT2D eigenvalue weighted by Crippen LogP contribution is 2.16. The van der Waals surface area contributed by atoms with Gasteiger partial charge in [-0.15, -0.1) is 0 Å². The molecule has 1 atom stereocenters. The van der Waals surface area contributed by atoms with Gasteiger partial charge in [-0.25, -0.2) is 0 Å². The Bertz CT molecular complexity index is 438. The molecule has 2 rings (SSSR count). The van der Waals surface area contributed by atoms with E-state index in [-0.39, 0.29) is 43.4 Å². The molecule has 0 radical (unpaired) electrons. The standard InChI is InChI=1S/C9H11F3N4O3/c10-9(11,12)4-18-3-6-15-8(19-16-6)5-1-14-7(17)2-13-5/h5,13H,1-4H2,(H,14,17). The number of halogens is 3. The Labute approximate surface area is 105 Å². The predicted octanol–water partition coefficient (Wildman–Crippen LogP) is -0.0910. The van der Waals surface area contributed by atoms with E-state index in [0.717, 1.165) is 0 Å². The van der Waals surface area contributed by atoms with Crippen LogP contribution in [0.5, 0.6) is 0 Å². The molecule has 1 unspecified atom stereocenters. The lowest BCUT2D eigenvalue weighted by Gasteiger charge is -2.20. The largest absolute Gasteiger partial charge is 0.411 e. The Hall–Kier alpha value is -1.68. The number of amides is 1. The van der Waals surface area contributed by atoms with Crippen molar-refractivity contribution in [1.29, 1.82) is 0 Å². The second-order valence-electron chi connectivity index (χ2n) is 3.89. The number of ether oxygens (including phenoxy) is 1. The van der Waals surface area contributed by atoms with Crippen molar-refractivity contribution < 1.29 is 27.2 Å². The van der Waals surface area contributed by atoms with Crippen LogP contribution in [0.3, 0.4) is 0 Å². The molecule has 1 aromatic heterocycles. The monoisotopic (exact) mass is 280 g/mol. The zero-order valence-corrected chi connectivity index (χ0v) is 9.66. The van der Waals surface area contributed by atoms with Crippen LogP contribution in [0.4, 0.5) is 13.2 Å². The average Bonchev–Trinajstić information content (AvgIpc) is 2.77. The number of hydrogen-bond acceptors (Lipinski definition) is 6. The Morgan fingerprint density at radius 2 is 2.26 bits per heavy atom. The summed E-state index contributed by atoms with van der Waals surface area (Å²) in [5, 5.41) is 8.94. The number of carbonyl (C=O) groups is 1. The second-order valence-corrected chi connectivity index (χ2v) is 3.89. The Morgan fingerprint density at radius 3 is 2.89 bits per heavy atom. The minimum absolute atomic E-state index is 0.0259. The van der Waals surface area contributed by atoms with Crippen LogP contribution in [-0.4, -0.2) is 41.9 Å². The van der Waals surface area contributed by atoms with Gasteiger partial charge >= 0.3 is 6.18 Å². The average molecular weight is 280 g/mol. The van der Waals surface area contributed by atoms with Crippen LogP contribution in [0.25, 0.3) is 0 Å². The minimum Gasteiger partial charge on any atom is -0.364 e. The summed E-state index contributed by atoms with van der Waals surface area (Å²) >= 11 is 0. The van der Waals surface area contributed by atoms with Gasteiger partial charge in [0.1, 0.15) is 19.3 Å². The summed E-state index contributed by atoms with van der Waals surface area (Å²) in [6.07, 6.45) is -4.39. The van der Waals surface area contributed by atoms with Crippen molar-refractivity contribution in [2.75, 3.05) is 19.7 Å². The maximum absolute atomic E-state index is 11.9. The first-order valence-corrected chi connectivity index (χ1v) is 5.41. The lowest BCUT2D eigenvalue weighted by atomic mass is 10.2. The third kappa shape index (κ3) is 4.17. The Morgan fingerprint density at radius 1 is 1.47 bits per heavy atom. The van der Waals surface area contributed by atoms with E-state index in [1.807, 2.05) is 0 Å². The van der Waals surface area contributed by atoms with Crippen molar-refractivity contribution in [3.8, 4) is 0 Å². The van der Waals surface area contributed by atoms with Crippen molar-refractivity contribution in [2.24, 2.45) is 0 Å². The molecule has 2 heterocycles. The van der Waals surface area contributed by atoms with E-state index in [4.69, 9.17) is 4.52 Å². The molecule has 1 aliphatic heterocycles. The summed E-state index contributed by atoms with van der Waals surface area (Å²) in [5.74, 6) is 0.0769. The van der Waals surface area contributed by atoms with Gasteiger partial charge in [0.15, 0.2) is 5.82 Å². The van der Waals surface area contributed by atoms with Gasteiger partial charge in [-0.05, 0) is 0 Å². The van der Waals surface area contributed by atoms with Crippen LogP contribution >= 0.6 is 0 Å². The van der Waals surface area contributed by atoms with Gasteiger partial charge < -0.3 is 14.6 Å². The molecule has 0 spiro atoms. The lowest BCUT2D eigenvalue weighted by Crippen LogP contribution is -2.47. The zero-order chi connectivity index (χ0) is 13.9. The van der Waals surface area contributed by atoms with Crippen molar-refractivity contribution in [1.82, 2.24) is 20.8 Å². The van der Waals surface area contributed by atoms with Crippen LogP contribution in [0.15, 0.2) is 4.52 Å². The summed E-state index contributed by atoms with van der Waals surface area (Å²) in [6, 6.07) is -0.346. The highest BCUT2D eigenvalue weighted by atomic mass is 19.4. The van der Waals surface area contributed by atoms with Gasteiger partial charge in [-0.1, -0.05) is 5.16 Å². The molecule has 19 heavy (non-hydrogen) atoms. The summed E-state index contributed by atoms with van der Waals surface area (Å²) < 4.78 is 44.8. The number of alkyl halides is 3. The smallest absolute Gasteiger partial charge is 0.364 e. The fourth-order valence-electron chi connectivity index (χ4n) is 1.47. The van der Waals surface area contributed by atoms with Crippen molar-refractivity contribution in [3.05, 3.63) is 11.7 Å². The number of hydrogen-bond donors (Lipinski definition) is 2. The van der Waals surface area contributed by atoms with E-state index in [2.05, 4.69) is 25.5 Å².